The summed E-state index contributed by atoms with van der Waals surface area (Å²) < 4.78 is 0.0278. The number of hydrogen-bond donors (Lipinski definition) is 2. The molecule has 2 amide bonds. The first-order valence-electron chi connectivity index (χ1n) is 7.17. The molecule has 2 N–H and O–H groups in total. The Morgan fingerprint density at radius 2 is 1.85 bits per heavy atom. The molecule has 6 heteroatoms. The Bertz CT molecular complexity index is 311. The molecule has 1 unspecified atom stereocenters. The molecule has 0 aromatic carbocycles. The molecule has 0 aliphatic heterocycles. The minimum atomic E-state index is -0.984. The van der Waals surface area contributed by atoms with E-state index in [0.29, 0.717) is 6.54 Å². The van der Waals surface area contributed by atoms with Crippen molar-refractivity contribution in [3.63, 3.8) is 0 Å². The van der Waals surface area contributed by atoms with Crippen LogP contribution in [0.15, 0.2) is 0 Å². The first-order chi connectivity index (χ1) is 9.35. The molecule has 0 spiro atoms. The first kappa shape index (κ1) is 19.1. The van der Waals surface area contributed by atoms with Gasteiger partial charge < -0.3 is 15.3 Å². The van der Waals surface area contributed by atoms with Crippen molar-refractivity contribution in [1.29, 1.82) is 0 Å². The third kappa shape index (κ3) is 5.61. The summed E-state index contributed by atoms with van der Waals surface area (Å²) in [6, 6.07) is -0.375. The maximum absolute atomic E-state index is 12.2. The Morgan fingerprint density at radius 3 is 2.20 bits per heavy atom. The van der Waals surface area contributed by atoms with E-state index in [9.17, 15) is 9.59 Å². The zero-order valence-electron chi connectivity index (χ0n) is 13.2. The third-order valence-corrected chi connectivity index (χ3v) is 5.56. The summed E-state index contributed by atoms with van der Waals surface area (Å²) in [4.78, 5) is 24.5. The molecule has 5 nitrogen and oxygen atoms in total. The number of nitrogens with one attached hydrogen (secondary N) is 1. The molecule has 0 radical (unpaired) electrons. The van der Waals surface area contributed by atoms with Gasteiger partial charge in [-0.3, -0.25) is 4.79 Å². The van der Waals surface area contributed by atoms with Gasteiger partial charge in [-0.05, 0) is 32.4 Å². The van der Waals surface area contributed by atoms with Gasteiger partial charge in [0.15, 0.2) is 0 Å². The lowest BCUT2D eigenvalue weighted by Crippen LogP contribution is -2.50. The molecular weight excluding hydrogens is 276 g/mol. The molecule has 118 valence electrons. The largest absolute Gasteiger partial charge is 0.480 e. The Hall–Kier alpha value is -0.910. The number of carboxylic acid groups (broad SMARTS) is 1. The van der Waals surface area contributed by atoms with Crippen LogP contribution in [-0.2, 0) is 4.79 Å². The molecule has 0 fully saturated rings. The second-order valence-corrected chi connectivity index (χ2v) is 6.31. The molecule has 0 aromatic rings. The standard InChI is InChI=1S/C14H28N2O3S/c1-6-11(4)16(9-12(17)18)13(19)15-10-14(7-2,8-3)20-5/h11H,6-10H2,1-5H3,(H,15,19)(H,17,18). The Labute approximate surface area is 126 Å². The highest BCUT2D eigenvalue weighted by molar-refractivity contribution is 8.00. The van der Waals surface area contributed by atoms with Crippen molar-refractivity contribution in [3.8, 4) is 0 Å². The number of carboxylic acids is 1. The van der Waals surface area contributed by atoms with Crippen LogP contribution in [0.25, 0.3) is 0 Å². The fourth-order valence-electron chi connectivity index (χ4n) is 1.99. The molecular formula is C14H28N2O3S. The average molecular weight is 304 g/mol. The smallest absolute Gasteiger partial charge is 0.323 e. The van der Waals surface area contributed by atoms with Crippen LogP contribution in [0.2, 0.25) is 0 Å². The summed E-state index contributed by atoms with van der Waals surface area (Å²) in [7, 11) is 0. The third-order valence-electron chi connectivity index (χ3n) is 3.97. The summed E-state index contributed by atoms with van der Waals surface area (Å²) in [5, 5.41) is 11.8. The quantitative estimate of drug-likeness (QED) is 0.687. The van der Waals surface area contributed by atoms with Gasteiger partial charge in [0.2, 0.25) is 0 Å². The molecule has 20 heavy (non-hydrogen) atoms. The van der Waals surface area contributed by atoms with Crippen LogP contribution in [-0.4, -0.2) is 52.1 Å². The molecule has 0 heterocycles. The fraction of sp³-hybridized carbons (Fsp3) is 0.857. The van der Waals surface area contributed by atoms with E-state index in [2.05, 4.69) is 19.2 Å². The number of hydrogen-bond acceptors (Lipinski definition) is 3. The number of urea groups is 1. The minimum absolute atomic E-state index is 0.0278. The van der Waals surface area contributed by atoms with Crippen LogP contribution < -0.4 is 5.32 Å². The second-order valence-electron chi connectivity index (χ2n) is 5.03. The van der Waals surface area contributed by atoms with Crippen LogP contribution in [0, 0.1) is 0 Å². The summed E-state index contributed by atoms with van der Waals surface area (Å²) in [6.45, 7) is 8.32. The molecule has 0 aliphatic carbocycles. The lowest BCUT2D eigenvalue weighted by molar-refractivity contribution is -0.138. The Morgan fingerprint density at radius 1 is 1.30 bits per heavy atom. The molecule has 0 bridgehead atoms. The van der Waals surface area contributed by atoms with Crippen LogP contribution in [0.1, 0.15) is 47.0 Å². The van der Waals surface area contributed by atoms with Crippen molar-refractivity contribution in [2.24, 2.45) is 0 Å². The van der Waals surface area contributed by atoms with Crippen LogP contribution in [0.5, 0.6) is 0 Å². The highest BCUT2D eigenvalue weighted by atomic mass is 32.2. The van der Waals surface area contributed by atoms with Gasteiger partial charge in [0.25, 0.3) is 0 Å². The average Bonchev–Trinajstić information content (AvgIpc) is 2.45. The van der Waals surface area contributed by atoms with Crippen molar-refractivity contribution in [2.45, 2.75) is 57.7 Å². The maximum atomic E-state index is 12.2. The second kappa shape index (κ2) is 9.10. The van der Waals surface area contributed by atoms with Gasteiger partial charge in [-0.15, -0.1) is 0 Å². The number of thioether (sulfide) groups is 1. The molecule has 0 aromatic heterocycles. The summed E-state index contributed by atoms with van der Waals surface area (Å²) >= 11 is 1.75. The Balaban J connectivity index is 4.71. The topological polar surface area (TPSA) is 69.6 Å². The van der Waals surface area contributed by atoms with Crippen molar-refractivity contribution < 1.29 is 14.7 Å². The lowest BCUT2D eigenvalue weighted by atomic mass is 10.0. The number of carbonyl (C=O) groups excluding carboxylic acids is 1. The predicted molar refractivity (Wildman–Crippen MR) is 84.3 cm³/mol. The molecule has 1 atom stereocenters. The summed E-state index contributed by atoms with van der Waals surface area (Å²) in [5.74, 6) is -0.984. The van der Waals surface area contributed by atoms with E-state index in [1.54, 1.807) is 11.8 Å². The van der Waals surface area contributed by atoms with E-state index in [1.807, 2.05) is 20.1 Å². The monoisotopic (exact) mass is 304 g/mol. The van der Waals surface area contributed by atoms with E-state index in [0.717, 1.165) is 19.3 Å². The van der Waals surface area contributed by atoms with Gasteiger partial charge in [-0.1, -0.05) is 20.8 Å². The number of rotatable bonds is 9. The highest BCUT2D eigenvalue weighted by Gasteiger charge is 2.28. The van der Waals surface area contributed by atoms with E-state index in [-0.39, 0.29) is 23.4 Å². The van der Waals surface area contributed by atoms with Crippen molar-refractivity contribution in [2.75, 3.05) is 19.3 Å². The normalized spacial score (nSPS) is 12.8. The number of amides is 2. The van der Waals surface area contributed by atoms with Gasteiger partial charge in [0, 0.05) is 17.3 Å². The van der Waals surface area contributed by atoms with Gasteiger partial charge in [-0.25, -0.2) is 4.79 Å². The van der Waals surface area contributed by atoms with E-state index >= 15 is 0 Å². The zero-order valence-corrected chi connectivity index (χ0v) is 14.0. The molecule has 0 saturated heterocycles. The molecule has 0 aliphatic rings. The number of nitrogens with zero attached hydrogens (tertiary/aromatic N) is 1. The van der Waals surface area contributed by atoms with E-state index in [1.165, 1.54) is 4.90 Å². The van der Waals surface area contributed by atoms with Crippen LogP contribution in [0.4, 0.5) is 4.79 Å². The zero-order chi connectivity index (χ0) is 15.8. The fourth-order valence-corrected chi connectivity index (χ4v) is 2.79. The van der Waals surface area contributed by atoms with Crippen molar-refractivity contribution in [1.82, 2.24) is 10.2 Å². The lowest BCUT2D eigenvalue weighted by Gasteiger charge is -2.32. The van der Waals surface area contributed by atoms with E-state index in [4.69, 9.17) is 5.11 Å². The molecule has 0 rings (SSSR count). The summed E-state index contributed by atoms with van der Waals surface area (Å²) in [6.07, 6.45) is 4.71. The van der Waals surface area contributed by atoms with Gasteiger partial charge in [-0.2, -0.15) is 11.8 Å². The van der Waals surface area contributed by atoms with E-state index < -0.39 is 5.97 Å². The number of carbonyl (C=O) groups is 2. The minimum Gasteiger partial charge on any atom is -0.480 e. The summed E-state index contributed by atoms with van der Waals surface area (Å²) in [5.41, 5.74) is 0. The maximum Gasteiger partial charge on any atom is 0.323 e. The first-order valence-corrected chi connectivity index (χ1v) is 8.39. The highest BCUT2D eigenvalue weighted by Crippen LogP contribution is 2.29. The molecule has 0 saturated carbocycles. The SMILES string of the molecule is CCC(C)N(CC(=O)O)C(=O)NCC(CC)(CC)SC. The van der Waals surface area contributed by atoms with Crippen molar-refractivity contribution >= 4 is 23.8 Å². The van der Waals surface area contributed by atoms with Crippen LogP contribution >= 0.6 is 11.8 Å². The predicted octanol–water partition coefficient (Wildman–Crippen LogP) is 2.80. The number of aliphatic carboxylic acids is 1. The van der Waals surface area contributed by atoms with Gasteiger partial charge >= 0.3 is 12.0 Å². The van der Waals surface area contributed by atoms with Gasteiger partial charge in [0.1, 0.15) is 6.54 Å². The van der Waals surface area contributed by atoms with Gasteiger partial charge in [0.05, 0.1) is 0 Å². The van der Waals surface area contributed by atoms with Crippen molar-refractivity contribution in [3.05, 3.63) is 0 Å². The van der Waals surface area contributed by atoms with Crippen LogP contribution in [0.3, 0.4) is 0 Å². The Kier molecular flexibility index (Phi) is 8.69.